The number of aromatic nitrogens is 5. The van der Waals surface area contributed by atoms with E-state index in [4.69, 9.17) is 38.0 Å². The van der Waals surface area contributed by atoms with Crippen molar-refractivity contribution in [2.75, 3.05) is 42.5 Å². The van der Waals surface area contributed by atoms with Crippen molar-refractivity contribution in [3.63, 3.8) is 0 Å². The third kappa shape index (κ3) is 4.15. The molecular formula is C25H30ClN9S. The van der Waals surface area contributed by atoms with Gasteiger partial charge in [0.25, 0.3) is 0 Å². The van der Waals surface area contributed by atoms with Crippen LogP contribution in [-0.2, 0) is 6.42 Å². The molecule has 11 heteroatoms. The number of aromatic amines is 1. The number of rotatable bonds is 6. The molecule has 6 rings (SSSR count). The van der Waals surface area contributed by atoms with Crippen LogP contribution in [0.15, 0.2) is 28.3 Å². The van der Waals surface area contributed by atoms with Crippen LogP contribution in [0.4, 0.5) is 11.6 Å². The Morgan fingerprint density at radius 1 is 1.11 bits per heavy atom. The lowest BCUT2D eigenvalue weighted by Crippen LogP contribution is -2.50. The van der Waals surface area contributed by atoms with E-state index in [0.717, 1.165) is 89.0 Å². The van der Waals surface area contributed by atoms with Crippen LogP contribution in [-0.4, -0.2) is 63.7 Å². The first kappa shape index (κ1) is 23.7. The summed E-state index contributed by atoms with van der Waals surface area (Å²) in [5.41, 5.74) is 14.7. The predicted molar refractivity (Wildman–Crippen MR) is 146 cm³/mol. The third-order valence-corrected chi connectivity index (χ3v) is 8.33. The second-order valence-electron chi connectivity index (χ2n) is 9.70. The summed E-state index contributed by atoms with van der Waals surface area (Å²) in [7, 11) is 0. The number of halogens is 1. The Kier molecular flexibility index (Phi) is 6.15. The van der Waals surface area contributed by atoms with E-state index < -0.39 is 0 Å². The molecule has 5 N–H and O–H groups in total. The number of hydrogen-bond acceptors (Lipinski definition) is 9. The molecule has 36 heavy (non-hydrogen) atoms. The molecule has 0 bridgehead atoms. The van der Waals surface area contributed by atoms with E-state index in [2.05, 4.69) is 44.9 Å². The summed E-state index contributed by atoms with van der Waals surface area (Å²) in [5.74, 6) is 3.11. The maximum Gasteiger partial charge on any atom is 0.196 e. The highest BCUT2D eigenvalue weighted by molar-refractivity contribution is 7.99. The van der Waals surface area contributed by atoms with Crippen LogP contribution in [0.1, 0.15) is 24.9 Å². The number of anilines is 2. The number of nitrogens with one attached hydrogen (secondary N) is 1. The topological polar surface area (TPSA) is 126 Å². The molecule has 2 aliphatic heterocycles. The van der Waals surface area contributed by atoms with Crippen molar-refractivity contribution in [1.29, 1.82) is 0 Å². The molecule has 5 heterocycles. The average molecular weight is 524 g/mol. The zero-order chi connectivity index (χ0) is 25.0. The Balaban J connectivity index is 1.39. The van der Waals surface area contributed by atoms with Crippen LogP contribution in [0.25, 0.3) is 21.9 Å². The number of benzene rings is 1. The van der Waals surface area contributed by atoms with Crippen LogP contribution >= 0.6 is 23.4 Å². The lowest BCUT2D eigenvalue weighted by molar-refractivity contribution is 0.418. The van der Waals surface area contributed by atoms with Gasteiger partial charge in [0, 0.05) is 54.1 Å². The van der Waals surface area contributed by atoms with Crippen LogP contribution in [0.5, 0.6) is 0 Å². The zero-order valence-corrected chi connectivity index (χ0v) is 22.0. The summed E-state index contributed by atoms with van der Waals surface area (Å²) in [6.45, 7) is 8.18. The van der Waals surface area contributed by atoms with Crippen molar-refractivity contribution < 1.29 is 0 Å². The Bertz CT molecular complexity index is 1450. The molecule has 4 aromatic rings. The Hall–Kier alpha value is -2.66. The van der Waals surface area contributed by atoms with Crippen molar-refractivity contribution in [3.05, 3.63) is 34.7 Å². The van der Waals surface area contributed by atoms with Gasteiger partial charge in [-0.25, -0.2) is 19.9 Å². The van der Waals surface area contributed by atoms with Gasteiger partial charge in [-0.05, 0) is 56.3 Å². The molecule has 188 valence electrons. The number of H-pyrrole nitrogens is 1. The van der Waals surface area contributed by atoms with Gasteiger partial charge >= 0.3 is 0 Å². The SMILES string of the molecule is CCc1[nH]c2nc(Sc3ccc4nc(C)nc(N5CC(CN)C5)c4c3)nc(N3CC[C@@H](N)C3)c2c1Cl. The van der Waals surface area contributed by atoms with E-state index in [0.29, 0.717) is 22.6 Å². The van der Waals surface area contributed by atoms with E-state index in [1.54, 1.807) is 0 Å². The fourth-order valence-corrected chi connectivity index (χ4v) is 6.22. The van der Waals surface area contributed by atoms with Gasteiger partial charge in [-0.3, -0.25) is 0 Å². The van der Waals surface area contributed by atoms with Crippen molar-refractivity contribution >= 4 is 56.9 Å². The molecule has 2 aliphatic rings. The Morgan fingerprint density at radius 3 is 2.67 bits per heavy atom. The first-order chi connectivity index (χ1) is 17.4. The molecule has 9 nitrogen and oxygen atoms in total. The first-order valence-electron chi connectivity index (χ1n) is 12.4. The maximum absolute atomic E-state index is 6.75. The number of aryl methyl sites for hydroxylation is 2. The summed E-state index contributed by atoms with van der Waals surface area (Å²) in [5, 5.41) is 3.28. The molecule has 1 atom stereocenters. The molecule has 0 saturated carbocycles. The van der Waals surface area contributed by atoms with E-state index in [1.807, 2.05) is 6.92 Å². The second-order valence-corrected chi connectivity index (χ2v) is 11.1. The molecule has 0 amide bonds. The van der Waals surface area contributed by atoms with Crippen LogP contribution in [0, 0.1) is 12.8 Å². The minimum Gasteiger partial charge on any atom is -0.355 e. The number of fused-ring (bicyclic) bond motifs is 2. The quantitative estimate of drug-likeness (QED) is 0.325. The van der Waals surface area contributed by atoms with E-state index in [-0.39, 0.29) is 6.04 Å². The fourth-order valence-electron chi connectivity index (χ4n) is 5.07. The predicted octanol–water partition coefficient (Wildman–Crippen LogP) is 3.51. The normalized spacial score (nSPS) is 18.5. The summed E-state index contributed by atoms with van der Waals surface area (Å²) < 4.78 is 0. The van der Waals surface area contributed by atoms with Crippen LogP contribution in [0.2, 0.25) is 5.02 Å². The van der Waals surface area contributed by atoms with Gasteiger partial charge in [0.1, 0.15) is 23.1 Å². The molecule has 0 spiro atoms. The van der Waals surface area contributed by atoms with Gasteiger partial charge in [-0.2, -0.15) is 0 Å². The monoisotopic (exact) mass is 523 g/mol. The lowest BCUT2D eigenvalue weighted by atomic mass is 10.00. The molecule has 0 aliphatic carbocycles. The molecule has 0 unspecified atom stereocenters. The highest BCUT2D eigenvalue weighted by Gasteiger charge is 2.29. The van der Waals surface area contributed by atoms with Crippen molar-refractivity contribution in [3.8, 4) is 0 Å². The van der Waals surface area contributed by atoms with Gasteiger partial charge < -0.3 is 26.3 Å². The average Bonchev–Trinajstić information content (AvgIpc) is 3.41. The van der Waals surface area contributed by atoms with E-state index in [9.17, 15) is 0 Å². The fraction of sp³-hybridized carbons (Fsp3) is 0.440. The van der Waals surface area contributed by atoms with Gasteiger partial charge in [0.05, 0.1) is 15.9 Å². The molecule has 3 aromatic heterocycles. The van der Waals surface area contributed by atoms with Gasteiger partial charge in [0.15, 0.2) is 5.16 Å². The van der Waals surface area contributed by atoms with Gasteiger partial charge in [-0.1, -0.05) is 18.5 Å². The highest BCUT2D eigenvalue weighted by atomic mass is 35.5. The smallest absolute Gasteiger partial charge is 0.196 e. The molecule has 1 aromatic carbocycles. The molecule has 0 radical (unpaired) electrons. The molecule has 2 fully saturated rings. The molecular weight excluding hydrogens is 494 g/mol. The minimum absolute atomic E-state index is 0.136. The number of nitrogens with zero attached hydrogens (tertiary/aromatic N) is 6. The maximum atomic E-state index is 6.75. The first-order valence-corrected chi connectivity index (χ1v) is 13.6. The number of nitrogens with two attached hydrogens (primary N) is 2. The third-order valence-electron chi connectivity index (χ3n) is 7.06. The van der Waals surface area contributed by atoms with Crippen LogP contribution in [0.3, 0.4) is 0 Å². The minimum atomic E-state index is 0.136. The Morgan fingerprint density at radius 2 is 1.94 bits per heavy atom. The highest BCUT2D eigenvalue weighted by Crippen LogP contribution is 2.39. The van der Waals surface area contributed by atoms with Crippen LogP contribution < -0.4 is 21.3 Å². The Labute approximate surface area is 219 Å². The standard InChI is InChI=1S/C25H30ClN9S/c1-3-18-21(26)20-22(31-18)32-25(33-24(20)34-7-6-15(28)12-34)36-16-4-5-19-17(8-16)23(30-13(2)29-19)35-10-14(9-27)11-35/h4-5,8,14-15H,3,6-7,9-12,27-28H2,1-2H3,(H,31,32,33)/t15-/m1/s1. The number of hydrogen-bond donors (Lipinski definition) is 3. The van der Waals surface area contributed by atoms with Gasteiger partial charge in [-0.15, -0.1) is 0 Å². The summed E-state index contributed by atoms with van der Waals surface area (Å²) in [6.07, 6.45) is 1.73. The summed E-state index contributed by atoms with van der Waals surface area (Å²) in [6, 6.07) is 6.40. The zero-order valence-electron chi connectivity index (χ0n) is 20.5. The van der Waals surface area contributed by atoms with E-state index in [1.165, 1.54) is 11.8 Å². The van der Waals surface area contributed by atoms with Crippen molar-refractivity contribution in [2.24, 2.45) is 17.4 Å². The van der Waals surface area contributed by atoms with Gasteiger partial charge in [0.2, 0.25) is 0 Å². The van der Waals surface area contributed by atoms with Crippen molar-refractivity contribution in [1.82, 2.24) is 24.9 Å². The second kappa shape index (κ2) is 9.33. The molecule has 2 saturated heterocycles. The summed E-state index contributed by atoms with van der Waals surface area (Å²) >= 11 is 8.28. The largest absolute Gasteiger partial charge is 0.355 e. The van der Waals surface area contributed by atoms with E-state index >= 15 is 0 Å². The van der Waals surface area contributed by atoms with Crippen molar-refractivity contribution in [2.45, 2.75) is 42.8 Å². The summed E-state index contributed by atoms with van der Waals surface area (Å²) in [4.78, 5) is 28.2. The lowest BCUT2D eigenvalue weighted by Gasteiger charge is -2.40.